The maximum absolute atomic E-state index is 12.6. The number of carbonyl (C=O) groups is 1. The highest BCUT2D eigenvalue weighted by Gasteiger charge is 2.25. The molecule has 0 saturated carbocycles. The van der Waals surface area contributed by atoms with Gasteiger partial charge in [-0.05, 0) is 31.4 Å². The molecule has 0 radical (unpaired) electrons. The zero-order valence-corrected chi connectivity index (χ0v) is 14.5. The quantitative estimate of drug-likeness (QED) is 0.831. The molecule has 2 heterocycles. The standard InChI is InChI=1S/C17H20N2OS2/c1-12-5-3-4-6-14(12)15-7-8-19(9-10-21-15)17(20)16-13(2)18-11-22-16/h3-6,11,15H,7-10H2,1-2H3/t15-/m0/s1. The van der Waals surface area contributed by atoms with Crippen molar-refractivity contribution in [1.29, 1.82) is 0 Å². The summed E-state index contributed by atoms with van der Waals surface area (Å²) < 4.78 is 0. The van der Waals surface area contributed by atoms with Gasteiger partial charge in [0, 0.05) is 24.1 Å². The third-order valence-electron chi connectivity index (χ3n) is 4.10. The van der Waals surface area contributed by atoms with Crippen LogP contribution >= 0.6 is 23.1 Å². The number of amides is 1. The van der Waals surface area contributed by atoms with E-state index in [1.165, 1.54) is 22.5 Å². The van der Waals surface area contributed by atoms with Crippen LogP contribution in [-0.2, 0) is 0 Å². The van der Waals surface area contributed by atoms with Gasteiger partial charge in [-0.1, -0.05) is 24.3 Å². The van der Waals surface area contributed by atoms with Crippen molar-refractivity contribution >= 4 is 29.0 Å². The lowest BCUT2D eigenvalue weighted by atomic mass is 10.0. The molecule has 1 amide bonds. The van der Waals surface area contributed by atoms with E-state index in [4.69, 9.17) is 0 Å². The Morgan fingerprint density at radius 1 is 1.27 bits per heavy atom. The Morgan fingerprint density at radius 3 is 2.82 bits per heavy atom. The van der Waals surface area contributed by atoms with Crippen molar-refractivity contribution in [3.63, 3.8) is 0 Å². The van der Waals surface area contributed by atoms with Crippen LogP contribution in [0, 0.1) is 13.8 Å². The molecule has 116 valence electrons. The number of aromatic nitrogens is 1. The van der Waals surface area contributed by atoms with Gasteiger partial charge in [0.05, 0.1) is 11.2 Å². The number of benzene rings is 1. The highest BCUT2D eigenvalue weighted by molar-refractivity contribution is 7.99. The van der Waals surface area contributed by atoms with E-state index in [9.17, 15) is 4.79 Å². The van der Waals surface area contributed by atoms with Gasteiger partial charge in [-0.15, -0.1) is 11.3 Å². The summed E-state index contributed by atoms with van der Waals surface area (Å²) in [6.45, 7) is 5.72. The first-order valence-corrected chi connectivity index (χ1v) is 9.46. The minimum atomic E-state index is 0.144. The SMILES string of the molecule is Cc1ccccc1[C@@H]1CCN(C(=O)c2scnc2C)CCS1. The number of carbonyl (C=O) groups excluding carboxylic acids is 1. The molecule has 1 fully saturated rings. The number of thioether (sulfide) groups is 1. The van der Waals surface area contributed by atoms with E-state index in [1.54, 1.807) is 5.51 Å². The molecule has 1 aromatic carbocycles. The van der Waals surface area contributed by atoms with Crippen LogP contribution in [0.5, 0.6) is 0 Å². The first-order valence-electron chi connectivity index (χ1n) is 7.53. The van der Waals surface area contributed by atoms with Crippen molar-refractivity contribution in [2.45, 2.75) is 25.5 Å². The van der Waals surface area contributed by atoms with Gasteiger partial charge in [-0.25, -0.2) is 4.98 Å². The minimum absolute atomic E-state index is 0.144. The van der Waals surface area contributed by atoms with E-state index >= 15 is 0 Å². The van der Waals surface area contributed by atoms with Gasteiger partial charge in [0.1, 0.15) is 4.88 Å². The number of rotatable bonds is 2. The third kappa shape index (κ3) is 3.20. The van der Waals surface area contributed by atoms with Crippen molar-refractivity contribution in [2.24, 2.45) is 0 Å². The lowest BCUT2D eigenvalue weighted by molar-refractivity contribution is 0.0770. The molecule has 2 aromatic rings. The fourth-order valence-corrected chi connectivity index (χ4v) is 4.92. The molecule has 1 aliphatic rings. The summed E-state index contributed by atoms with van der Waals surface area (Å²) in [6.07, 6.45) is 1.01. The van der Waals surface area contributed by atoms with Crippen molar-refractivity contribution in [3.05, 3.63) is 51.5 Å². The van der Waals surface area contributed by atoms with Crippen LogP contribution in [0.15, 0.2) is 29.8 Å². The van der Waals surface area contributed by atoms with E-state index < -0.39 is 0 Å². The van der Waals surface area contributed by atoms with Gasteiger partial charge in [-0.3, -0.25) is 4.79 Å². The smallest absolute Gasteiger partial charge is 0.265 e. The Morgan fingerprint density at radius 2 is 2.09 bits per heavy atom. The van der Waals surface area contributed by atoms with Crippen LogP contribution in [0.4, 0.5) is 0 Å². The summed E-state index contributed by atoms with van der Waals surface area (Å²) >= 11 is 3.42. The van der Waals surface area contributed by atoms with Crippen molar-refractivity contribution < 1.29 is 4.79 Å². The third-order valence-corrected chi connectivity index (χ3v) is 6.33. The van der Waals surface area contributed by atoms with Gasteiger partial charge in [-0.2, -0.15) is 11.8 Å². The van der Waals surface area contributed by atoms with Gasteiger partial charge in [0.25, 0.3) is 5.91 Å². The Hall–Kier alpha value is -1.33. The van der Waals surface area contributed by atoms with Crippen molar-refractivity contribution in [3.8, 4) is 0 Å². The van der Waals surface area contributed by atoms with E-state index in [2.05, 4.69) is 36.2 Å². The van der Waals surface area contributed by atoms with E-state index in [-0.39, 0.29) is 5.91 Å². The van der Waals surface area contributed by atoms with Crippen LogP contribution in [0.3, 0.4) is 0 Å². The monoisotopic (exact) mass is 332 g/mol. The second-order valence-corrected chi connectivity index (χ2v) is 7.73. The Balaban J connectivity index is 1.72. The number of hydrogen-bond acceptors (Lipinski definition) is 4. The molecular formula is C17H20N2OS2. The predicted octanol–water partition coefficient (Wildman–Crippen LogP) is 4.08. The van der Waals surface area contributed by atoms with Gasteiger partial charge in [0.2, 0.25) is 0 Å². The van der Waals surface area contributed by atoms with Gasteiger partial charge < -0.3 is 4.90 Å². The summed E-state index contributed by atoms with van der Waals surface area (Å²) in [4.78, 5) is 19.6. The maximum Gasteiger partial charge on any atom is 0.265 e. The Bertz CT molecular complexity index is 668. The number of hydrogen-bond donors (Lipinski definition) is 0. The minimum Gasteiger partial charge on any atom is -0.337 e. The fraction of sp³-hybridized carbons (Fsp3) is 0.412. The van der Waals surface area contributed by atoms with Crippen LogP contribution in [0.1, 0.15) is 38.2 Å². The second kappa shape index (κ2) is 6.84. The number of aryl methyl sites for hydroxylation is 2. The zero-order valence-electron chi connectivity index (χ0n) is 12.9. The normalized spacial score (nSPS) is 19.0. The average Bonchev–Trinajstić information content (AvgIpc) is 2.80. The lowest BCUT2D eigenvalue weighted by Crippen LogP contribution is -2.32. The summed E-state index contributed by atoms with van der Waals surface area (Å²) in [7, 11) is 0. The maximum atomic E-state index is 12.6. The summed E-state index contributed by atoms with van der Waals surface area (Å²) in [5, 5.41) is 0.488. The Labute approximate surface area is 139 Å². The summed E-state index contributed by atoms with van der Waals surface area (Å²) in [6, 6.07) is 8.59. The molecule has 1 atom stereocenters. The largest absolute Gasteiger partial charge is 0.337 e. The van der Waals surface area contributed by atoms with Gasteiger partial charge in [0.15, 0.2) is 0 Å². The molecule has 1 aliphatic heterocycles. The molecule has 3 rings (SSSR count). The molecule has 1 aromatic heterocycles. The molecule has 0 aliphatic carbocycles. The van der Waals surface area contributed by atoms with Crippen LogP contribution in [-0.4, -0.2) is 34.6 Å². The van der Waals surface area contributed by atoms with Crippen molar-refractivity contribution in [2.75, 3.05) is 18.8 Å². The highest BCUT2D eigenvalue weighted by atomic mass is 32.2. The molecule has 1 saturated heterocycles. The van der Waals surface area contributed by atoms with Crippen LogP contribution in [0.25, 0.3) is 0 Å². The first kappa shape index (κ1) is 15.6. The molecule has 0 N–H and O–H groups in total. The highest BCUT2D eigenvalue weighted by Crippen LogP contribution is 2.36. The first-order chi connectivity index (χ1) is 10.7. The average molecular weight is 332 g/mol. The number of thiazole rings is 1. The van der Waals surface area contributed by atoms with Crippen LogP contribution in [0.2, 0.25) is 0 Å². The predicted molar refractivity (Wildman–Crippen MR) is 93.7 cm³/mol. The lowest BCUT2D eigenvalue weighted by Gasteiger charge is -2.20. The molecule has 0 spiro atoms. The molecule has 5 heteroatoms. The van der Waals surface area contributed by atoms with E-state index in [0.29, 0.717) is 5.25 Å². The number of nitrogens with zero attached hydrogens (tertiary/aromatic N) is 2. The summed E-state index contributed by atoms with van der Waals surface area (Å²) in [5.41, 5.74) is 5.36. The molecule has 3 nitrogen and oxygen atoms in total. The van der Waals surface area contributed by atoms with Gasteiger partial charge >= 0.3 is 0 Å². The van der Waals surface area contributed by atoms with Crippen LogP contribution < -0.4 is 0 Å². The topological polar surface area (TPSA) is 33.2 Å². The fourth-order valence-electron chi connectivity index (χ4n) is 2.82. The summed E-state index contributed by atoms with van der Waals surface area (Å²) in [5.74, 6) is 1.13. The zero-order chi connectivity index (χ0) is 15.5. The molecule has 22 heavy (non-hydrogen) atoms. The molecule has 0 unspecified atom stereocenters. The second-order valence-electron chi connectivity index (χ2n) is 5.56. The molecular weight excluding hydrogens is 312 g/mol. The molecule has 0 bridgehead atoms. The van der Waals surface area contributed by atoms with E-state index in [0.717, 1.165) is 35.8 Å². The Kier molecular flexibility index (Phi) is 4.84. The van der Waals surface area contributed by atoms with E-state index in [1.807, 2.05) is 23.6 Å². The van der Waals surface area contributed by atoms with Crippen molar-refractivity contribution in [1.82, 2.24) is 9.88 Å².